The molecule has 0 amide bonds. The second-order valence-corrected chi connectivity index (χ2v) is 7.90. The molecule has 164 valence electrons. The lowest BCUT2D eigenvalue weighted by Gasteiger charge is -2.06. The normalized spacial score (nSPS) is 10.7. The van der Waals surface area contributed by atoms with Crippen molar-refractivity contribution in [2.75, 3.05) is 6.61 Å². The van der Waals surface area contributed by atoms with Crippen molar-refractivity contribution < 1.29 is 19.1 Å². The van der Waals surface area contributed by atoms with Crippen molar-refractivity contribution in [2.45, 2.75) is 104 Å². The second kappa shape index (κ2) is 17.1. The molecule has 0 heterocycles. The van der Waals surface area contributed by atoms with Crippen molar-refractivity contribution in [1.82, 2.24) is 0 Å². The van der Waals surface area contributed by atoms with Crippen molar-refractivity contribution in [3.05, 3.63) is 35.4 Å². The maximum Gasteiger partial charge on any atom is 0.306 e. The Bertz CT molecular complexity index is 550. The first kappa shape index (κ1) is 25.2. The Morgan fingerprint density at radius 2 is 1.21 bits per heavy atom. The smallest absolute Gasteiger partial charge is 0.306 e. The minimum atomic E-state index is -0.270. The molecule has 4 heteroatoms. The summed E-state index contributed by atoms with van der Waals surface area (Å²) in [4.78, 5) is 23.5. The number of rotatable bonds is 17. The molecule has 29 heavy (non-hydrogen) atoms. The average Bonchev–Trinajstić information content (AvgIpc) is 2.71. The molecule has 1 aromatic carbocycles. The number of benzene rings is 1. The fourth-order valence-electron chi connectivity index (χ4n) is 3.15. The van der Waals surface area contributed by atoms with Crippen molar-refractivity contribution in [2.24, 2.45) is 0 Å². The van der Waals surface area contributed by atoms with Gasteiger partial charge in [-0.1, -0.05) is 94.5 Å². The number of ether oxygens (including phenoxy) is 2. The van der Waals surface area contributed by atoms with E-state index in [9.17, 15) is 9.59 Å². The van der Waals surface area contributed by atoms with Crippen LogP contribution in [0.2, 0.25) is 0 Å². The second-order valence-electron chi connectivity index (χ2n) is 7.90. The van der Waals surface area contributed by atoms with Crippen LogP contribution in [0.1, 0.15) is 102 Å². The van der Waals surface area contributed by atoms with Gasteiger partial charge in [-0.05, 0) is 25.3 Å². The van der Waals surface area contributed by atoms with Crippen LogP contribution in [0.3, 0.4) is 0 Å². The summed E-state index contributed by atoms with van der Waals surface area (Å²) in [6.45, 7) is 5.04. The zero-order valence-electron chi connectivity index (χ0n) is 18.5. The summed E-state index contributed by atoms with van der Waals surface area (Å²) < 4.78 is 10.5. The first-order chi connectivity index (χ1) is 14.1. The van der Waals surface area contributed by atoms with Gasteiger partial charge in [-0.3, -0.25) is 9.59 Å². The molecule has 0 radical (unpaired) electrons. The molecular weight excluding hydrogens is 364 g/mol. The summed E-state index contributed by atoms with van der Waals surface area (Å²) in [6, 6.07) is 7.89. The molecule has 0 atom stereocenters. The maximum absolute atomic E-state index is 11.7. The Balaban J connectivity index is 1.89. The van der Waals surface area contributed by atoms with Gasteiger partial charge in [0.05, 0.1) is 6.61 Å². The van der Waals surface area contributed by atoms with Gasteiger partial charge < -0.3 is 9.47 Å². The van der Waals surface area contributed by atoms with Crippen LogP contribution in [-0.2, 0) is 25.7 Å². The summed E-state index contributed by atoms with van der Waals surface area (Å²) >= 11 is 0. The van der Waals surface area contributed by atoms with Gasteiger partial charge in [-0.15, -0.1) is 0 Å². The Morgan fingerprint density at radius 3 is 1.79 bits per heavy atom. The molecule has 1 rings (SSSR count). The summed E-state index contributed by atoms with van der Waals surface area (Å²) in [6.07, 6.45) is 13.6. The number of hydrogen-bond acceptors (Lipinski definition) is 4. The predicted octanol–water partition coefficient (Wildman–Crippen LogP) is 6.67. The topological polar surface area (TPSA) is 52.6 Å². The van der Waals surface area contributed by atoms with Crippen LogP contribution in [0.15, 0.2) is 24.3 Å². The average molecular weight is 405 g/mol. The number of esters is 2. The van der Waals surface area contributed by atoms with E-state index in [4.69, 9.17) is 9.47 Å². The molecule has 0 fully saturated rings. The van der Waals surface area contributed by atoms with Crippen LogP contribution in [0.25, 0.3) is 0 Å². The standard InChI is InChI=1S/C25H40O4/c1-3-4-5-6-7-8-9-10-11-12-20-28-24(26)14-13-15-25(27)29-21-23-18-16-22(2)17-19-23/h16-19H,3-15,20-21H2,1-2H3. The molecule has 4 nitrogen and oxygen atoms in total. The van der Waals surface area contributed by atoms with Gasteiger partial charge >= 0.3 is 11.9 Å². The minimum absolute atomic E-state index is 0.216. The number of aryl methyl sites for hydroxylation is 1. The molecule has 0 saturated carbocycles. The predicted molar refractivity (Wildman–Crippen MR) is 118 cm³/mol. The summed E-state index contributed by atoms with van der Waals surface area (Å²) in [7, 11) is 0. The highest BCUT2D eigenvalue weighted by atomic mass is 16.5. The van der Waals surface area contributed by atoms with E-state index in [0.29, 0.717) is 13.0 Å². The maximum atomic E-state index is 11.7. The molecule has 0 spiro atoms. The summed E-state index contributed by atoms with van der Waals surface area (Å²) in [5, 5.41) is 0. The van der Waals surface area contributed by atoms with Gasteiger partial charge in [0, 0.05) is 12.8 Å². The van der Waals surface area contributed by atoms with E-state index in [-0.39, 0.29) is 31.4 Å². The summed E-state index contributed by atoms with van der Waals surface area (Å²) in [5.74, 6) is -0.486. The highest BCUT2D eigenvalue weighted by molar-refractivity contribution is 5.72. The number of hydrogen-bond donors (Lipinski definition) is 0. The zero-order valence-corrected chi connectivity index (χ0v) is 18.5. The van der Waals surface area contributed by atoms with Gasteiger partial charge in [0.1, 0.15) is 6.61 Å². The van der Waals surface area contributed by atoms with Gasteiger partial charge in [-0.2, -0.15) is 0 Å². The Hall–Kier alpha value is -1.84. The Morgan fingerprint density at radius 1 is 0.690 bits per heavy atom. The minimum Gasteiger partial charge on any atom is -0.466 e. The molecule has 0 aliphatic heterocycles. The largest absolute Gasteiger partial charge is 0.466 e. The summed E-state index contributed by atoms with van der Waals surface area (Å²) in [5.41, 5.74) is 2.15. The Kier molecular flexibility index (Phi) is 14.8. The first-order valence-electron chi connectivity index (χ1n) is 11.5. The molecular formula is C25H40O4. The molecule has 0 unspecified atom stereocenters. The quantitative estimate of drug-likeness (QED) is 0.215. The molecule has 0 aliphatic rings. The molecule has 0 N–H and O–H groups in total. The van der Waals surface area contributed by atoms with Gasteiger partial charge in [0.2, 0.25) is 0 Å². The van der Waals surface area contributed by atoms with E-state index < -0.39 is 0 Å². The van der Waals surface area contributed by atoms with Crippen molar-refractivity contribution >= 4 is 11.9 Å². The van der Waals surface area contributed by atoms with Crippen LogP contribution in [0.4, 0.5) is 0 Å². The van der Waals surface area contributed by atoms with E-state index in [1.54, 1.807) is 0 Å². The number of carbonyl (C=O) groups is 2. The highest BCUT2D eigenvalue weighted by Crippen LogP contribution is 2.11. The van der Waals surface area contributed by atoms with Gasteiger partial charge in [-0.25, -0.2) is 0 Å². The van der Waals surface area contributed by atoms with Crippen LogP contribution in [0, 0.1) is 6.92 Å². The third kappa shape index (κ3) is 14.8. The zero-order chi connectivity index (χ0) is 21.2. The number of carbonyl (C=O) groups excluding carboxylic acids is 2. The van der Waals surface area contributed by atoms with E-state index in [0.717, 1.165) is 18.4 Å². The fourth-order valence-corrected chi connectivity index (χ4v) is 3.15. The van der Waals surface area contributed by atoms with E-state index in [2.05, 4.69) is 6.92 Å². The van der Waals surface area contributed by atoms with Gasteiger partial charge in [0.25, 0.3) is 0 Å². The third-order valence-corrected chi connectivity index (χ3v) is 5.04. The fraction of sp³-hybridized carbons (Fsp3) is 0.680. The van der Waals surface area contributed by atoms with E-state index >= 15 is 0 Å². The van der Waals surface area contributed by atoms with E-state index in [1.165, 1.54) is 56.9 Å². The molecule has 0 aliphatic carbocycles. The van der Waals surface area contributed by atoms with Crippen LogP contribution in [0.5, 0.6) is 0 Å². The number of unbranched alkanes of at least 4 members (excludes halogenated alkanes) is 9. The van der Waals surface area contributed by atoms with Crippen molar-refractivity contribution in [1.29, 1.82) is 0 Å². The molecule has 0 aromatic heterocycles. The third-order valence-electron chi connectivity index (χ3n) is 5.04. The van der Waals surface area contributed by atoms with Crippen molar-refractivity contribution in [3.8, 4) is 0 Å². The molecule has 0 bridgehead atoms. The lowest BCUT2D eigenvalue weighted by atomic mass is 10.1. The van der Waals surface area contributed by atoms with Crippen molar-refractivity contribution in [3.63, 3.8) is 0 Å². The lowest BCUT2D eigenvalue weighted by molar-refractivity contribution is -0.146. The molecule has 0 saturated heterocycles. The first-order valence-corrected chi connectivity index (χ1v) is 11.5. The molecule has 1 aromatic rings. The SMILES string of the molecule is CCCCCCCCCCCCOC(=O)CCCC(=O)OCc1ccc(C)cc1. The Labute approximate surface area is 177 Å². The lowest BCUT2D eigenvalue weighted by Crippen LogP contribution is -2.09. The van der Waals surface area contributed by atoms with Crippen LogP contribution >= 0.6 is 0 Å². The van der Waals surface area contributed by atoms with Crippen LogP contribution in [-0.4, -0.2) is 18.5 Å². The highest BCUT2D eigenvalue weighted by Gasteiger charge is 2.07. The van der Waals surface area contributed by atoms with Gasteiger partial charge in [0.15, 0.2) is 0 Å². The van der Waals surface area contributed by atoms with Crippen LogP contribution < -0.4 is 0 Å². The van der Waals surface area contributed by atoms with E-state index in [1.807, 2.05) is 31.2 Å². The monoisotopic (exact) mass is 404 g/mol.